The number of nitrogens with zero attached hydrogens (tertiary/aromatic N) is 1. The van der Waals surface area contributed by atoms with Gasteiger partial charge < -0.3 is 24.6 Å². The van der Waals surface area contributed by atoms with E-state index in [1.54, 1.807) is 24.3 Å². The van der Waals surface area contributed by atoms with Crippen LogP contribution in [0.4, 0.5) is 5.69 Å². The van der Waals surface area contributed by atoms with Gasteiger partial charge in [0.1, 0.15) is 23.0 Å². The van der Waals surface area contributed by atoms with Gasteiger partial charge in [-0.2, -0.15) is 0 Å². The van der Waals surface area contributed by atoms with Crippen molar-refractivity contribution < 1.29 is 33.8 Å². The summed E-state index contributed by atoms with van der Waals surface area (Å²) in [7, 11) is 0. The van der Waals surface area contributed by atoms with Crippen molar-refractivity contribution in [3.63, 3.8) is 0 Å². The van der Waals surface area contributed by atoms with Crippen LogP contribution >= 0.6 is 0 Å². The summed E-state index contributed by atoms with van der Waals surface area (Å²) in [5, 5.41) is 25.6. The molecule has 0 atom stereocenters. The first-order valence-electron chi connectivity index (χ1n) is 16.7. The number of unbranched alkanes of at least 4 members (excludes halogenated alkanes) is 1. The molecule has 0 saturated carbocycles. The maximum atomic E-state index is 13.2. The molecule has 4 aromatic carbocycles. The maximum absolute atomic E-state index is 13.2. The van der Waals surface area contributed by atoms with Crippen LogP contribution in [0.25, 0.3) is 10.8 Å². The third-order valence-corrected chi connectivity index (χ3v) is 9.22. The standard InChI is InChI=1S/C39H46N2O8/c1-7-38(3,4)26-15-20-33(32(23-26)39(5,6)8-2)47-22-12-11-21-40-37(44)31-24-34(29-13-9-10-14-30(29)36(31)43)48-25-35(42)49-28-18-16-27(17-19-28)41(45)46/h9-10,13-20,23-24,43H,7-8,11-12,21-22,25H2,1-6H3,(H,40,44). The lowest BCUT2D eigenvalue weighted by molar-refractivity contribution is -0.384. The molecular weight excluding hydrogens is 624 g/mol. The van der Waals surface area contributed by atoms with E-state index in [2.05, 4.69) is 65.1 Å². The average Bonchev–Trinajstić information content (AvgIpc) is 3.09. The maximum Gasteiger partial charge on any atom is 0.349 e. The summed E-state index contributed by atoms with van der Waals surface area (Å²) in [6, 6.07) is 19.9. The first kappa shape index (κ1) is 36.7. The molecule has 0 aliphatic rings. The minimum atomic E-state index is -0.745. The summed E-state index contributed by atoms with van der Waals surface area (Å²) in [6.45, 7) is 13.7. The fourth-order valence-corrected chi connectivity index (χ4v) is 5.26. The van der Waals surface area contributed by atoms with Crippen LogP contribution in [0.1, 0.15) is 88.7 Å². The fourth-order valence-electron chi connectivity index (χ4n) is 5.26. The highest BCUT2D eigenvalue weighted by Gasteiger charge is 2.27. The normalized spacial score (nSPS) is 11.6. The van der Waals surface area contributed by atoms with E-state index >= 15 is 0 Å². The largest absolute Gasteiger partial charge is 0.506 e. The molecule has 10 heteroatoms. The lowest BCUT2D eigenvalue weighted by Gasteiger charge is -2.30. The highest BCUT2D eigenvalue weighted by Crippen LogP contribution is 2.39. The van der Waals surface area contributed by atoms with Gasteiger partial charge in [0.05, 0.1) is 17.1 Å². The molecule has 0 saturated heterocycles. The molecule has 2 N–H and O–H groups in total. The van der Waals surface area contributed by atoms with Crippen molar-refractivity contribution >= 4 is 28.3 Å². The number of non-ortho nitro benzene ring substituents is 1. The number of hydrogen-bond acceptors (Lipinski definition) is 8. The fraction of sp³-hybridized carbons (Fsp3) is 0.385. The van der Waals surface area contributed by atoms with Gasteiger partial charge in [0, 0.05) is 35.0 Å². The van der Waals surface area contributed by atoms with Crippen LogP contribution in [0, 0.1) is 10.1 Å². The van der Waals surface area contributed by atoms with Crippen LogP contribution in [0.2, 0.25) is 0 Å². The van der Waals surface area contributed by atoms with E-state index < -0.39 is 23.4 Å². The lowest BCUT2D eigenvalue weighted by atomic mass is 9.76. The Kier molecular flexibility index (Phi) is 11.9. The van der Waals surface area contributed by atoms with E-state index in [9.17, 15) is 24.8 Å². The molecule has 0 aromatic heterocycles. The molecule has 10 nitrogen and oxygen atoms in total. The number of hydrogen-bond donors (Lipinski definition) is 2. The number of carbonyl (C=O) groups is 2. The second-order valence-electron chi connectivity index (χ2n) is 13.3. The zero-order chi connectivity index (χ0) is 35.8. The van der Waals surface area contributed by atoms with Crippen molar-refractivity contribution in [2.45, 2.75) is 78.1 Å². The number of esters is 1. The number of fused-ring (bicyclic) bond motifs is 1. The second-order valence-corrected chi connectivity index (χ2v) is 13.3. The summed E-state index contributed by atoms with van der Waals surface area (Å²) in [5.41, 5.74) is 2.41. The highest BCUT2D eigenvalue weighted by molar-refractivity contribution is 6.05. The number of amides is 1. The number of carbonyl (C=O) groups excluding carboxylic acids is 2. The second kappa shape index (κ2) is 15.9. The van der Waals surface area contributed by atoms with Crippen molar-refractivity contribution in [3.8, 4) is 23.0 Å². The van der Waals surface area contributed by atoms with Gasteiger partial charge >= 0.3 is 5.97 Å². The summed E-state index contributed by atoms with van der Waals surface area (Å²) < 4.78 is 17.2. The number of rotatable bonds is 16. The van der Waals surface area contributed by atoms with E-state index in [4.69, 9.17) is 14.2 Å². The van der Waals surface area contributed by atoms with Crippen LogP contribution in [-0.4, -0.2) is 41.7 Å². The number of nitro groups is 1. The third-order valence-electron chi connectivity index (χ3n) is 9.22. The summed E-state index contributed by atoms with van der Waals surface area (Å²) in [5.74, 6) is -0.199. The Morgan fingerprint density at radius 1 is 0.837 bits per heavy atom. The quantitative estimate of drug-likeness (QED) is 0.0399. The van der Waals surface area contributed by atoms with Gasteiger partial charge in [-0.1, -0.05) is 77.9 Å². The topological polar surface area (TPSA) is 137 Å². The predicted molar refractivity (Wildman–Crippen MR) is 190 cm³/mol. The molecule has 0 bridgehead atoms. The Bertz CT molecular complexity index is 1800. The van der Waals surface area contributed by atoms with Crippen LogP contribution in [-0.2, 0) is 15.6 Å². The first-order chi connectivity index (χ1) is 23.3. The highest BCUT2D eigenvalue weighted by atomic mass is 16.6. The molecule has 0 aliphatic carbocycles. The SMILES string of the molecule is CCC(C)(C)c1ccc(OCCCCNC(=O)c2cc(OCC(=O)Oc3ccc([N+](=O)[O-])cc3)c3ccccc3c2O)c(C(C)(C)CC)c1. The number of ether oxygens (including phenoxy) is 3. The molecule has 4 rings (SSSR count). The van der Waals surface area contributed by atoms with Crippen molar-refractivity contribution in [1.82, 2.24) is 5.32 Å². The molecule has 49 heavy (non-hydrogen) atoms. The van der Waals surface area contributed by atoms with E-state index in [1.807, 2.05) is 0 Å². The number of phenolic OH excluding ortho intramolecular Hbond substituents is 1. The monoisotopic (exact) mass is 670 g/mol. The molecule has 4 aromatic rings. The number of aromatic hydroxyl groups is 1. The van der Waals surface area contributed by atoms with Gasteiger partial charge in [-0.25, -0.2) is 4.79 Å². The van der Waals surface area contributed by atoms with E-state index in [-0.39, 0.29) is 39.3 Å². The van der Waals surface area contributed by atoms with Gasteiger partial charge in [-0.15, -0.1) is 0 Å². The van der Waals surface area contributed by atoms with Crippen LogP contribution in [0.3, 0.4) is 0 Å². The number of nitrogens with one attached hydrogen (secondary N) is 1. The molecule has 0 fully saturated rings. The van der Waals surface area contributed by atoms with Crippen LogP contribution in [0.15, 0.2) is 72.8 Å². The Balaban J connectivity index is 1.35. The Morgan fingerprint density at radius 2 is 1.51 bits per heavy atom. The zero-order valence-corrected chi connectivity index (χ0v) is 29.1. The number of phenols is 1. The van der Waals surface area contributed by atoms with Gasteiger partial charge in [-0.05, 0) is 66.3 Å². The molecule has 0 radical (unpaired) electrons. The predicted octanol–water partition coefficient (Wildman–Crippen LogP) is 8.40. The molecule has 260 valence electrons. The molecule has 1 amide bonds. The van der Waals surface area contributed by atoms with Crippen molar-refractivity contribution in [3.05, 3.63) is 99.6 Å². The number of nitro benzene ring substituents is 1. The number of benzene rings is 4. The minimum absolute atomic E-state index is 0.00946. The zero-order valence-electron chi connectivity index (χ0n) is 29.1. The Morgan fingerprint density at radius 3 is 2.16 bits per heavy atom. The minimum Gasteiger partial charge on any atom is -0.506 e. The lowest BCUT2D eigenvalue weighted by Crippen LogP contribution is -2.25. The summed E-state index contributed by atoms with van der Waals surface area (Å²) >= 11 is 0. The van der Waals surface area contributed by atoms with Gasteiger partial charge in [0.15, 0.2) is 6.61 Å². The molecule has 0 spiro atoms. The average molecular weight is 671 g/mol. The Labute approximate surface area is 287 Å². The Hall–Kier alpha value is -5.12. The first-order valence-corrected chi connectivity index (χ1v) is 16.7. The van der Waals surface area contributed by atoms with E-state index in [1.165, 1.54) is 41.5 Å². The molecular formula is C39H46N2O8. The van der Waals surface area contributed by atoms with Crippen LogP contribution < -0.4 is 19.5 Å². The van der Waals surface area contributed by atoms with Crippen molar-refractivity contribution in [2.24, 2.45) is 0 Å². The van der Waals surface area contributed by atoms with Crippen LogP contribution in [0.5, 0.6) is 23.0 Å². The molecule has 0 heterocycles. The summed E-state index contributed by atoms with van der Waals surface area (Å²) in [6.07, 6.45) is 3.39. The van der Waals surface area contributed by atoms with Gasteiger partial charge in [-0.3, -0.25) is 14.9 Å². The van der Waals surface area contributed by atoms with Gasteiger partial charge in [0.2, 0.25) is 0 Å². The smallest absolute Gasteiger partial charge is 0.349 e. The third kappa shape index (κ3) is 9.07. The van der Waals surface area contributed by atoms with E-state index in [0.29, 0.717) is 36.8 Å². The van der Waals surface area contributed by atoms with Gasteiger partial charge in [0.25, 0.3) is 11.6 Å². The van der Waals surface area contributed by atoms with Crippen molar-refractivity contribution in [1.29, 1.82) is 0 Å². The molecule has 0 aliphatic heterocycles. The molecule has 0 unspecified atom stereocenters. The van der Waals surface area contributed by atoms with E-state index in [0.717, 1.165) is 18.6 Å². The summed E-state index contributed by atoms with van der Waals surface area (Å²) in [4.78, 5) is 36.0. The van der Waals surface area contributed by atoms with Crippen molar-refractivity contribution in [2.75, 3.05) is 19.8 Å².